The topological polar surface area (TPSA) is 12.0 Å². The smallest absolute Gasteiger partial charge is 0.306 e. The summed E-state index contributed by atoms with van der Waals surface area (Å²) >= 11 is 0. The maximum absolute atomic E-state index is 11.9. The van der Waals surface area contributed by atoms with Gasteiger partial charge in [-0.05, 0) is 25.7 Å². The van der Waals surface area contributed by atoms with Crippen molar-refractivity contribution in [1.82, 2.24) is 5.32 Å². The molecule has 1 N–H and O–H groups in total. The average molecular weight is 209 g/mol. The van der Waals surface area contributed by atoms with E-state index in [1.165, 1.54) is 19.3 Å². The maximum atomic E-state index is 11.9. The largest absolute Gasteiger partial charge is 0.401 e. The van der Waals surface area contributed by atoms with Gasteiger partial charge in [-0.3, -0.25) is 0 Å². The highest BCUT2D eigenvalue weighted by Gasteiger charge is 2.29. The molecule has 0 aromatic heterocycles. The lowest BCUT2D eigenvalue weighted by atomic mass is 9.84. The summed E-state index contributed by atoms with van der Waals surface area (Å²) < 4.78 is 35.8. The Morgan fingerprint density at radius 1 is 1.21 bits per heavy atom. The van der Waals surface area contributed by atoms with E-state index in [0.29, 0.717) is 5.92 Å². The Balaban J connectivity index is 2.23. The molecule has 84 valence electrons. The number of halogens is 3. The van der Waals surface area contributed by atoms with Crippen LogP contribution in [0.15, 0.2) is 0 Å². The molecule has 1 unspecified atom stereocenters. The highest BCUT2D eigenvalue weighted by Crippen LogP contribution is 2.26. The summed E-state index contributed by atoms with van der Waals surface area (Å²) in [5.74, 6) is 0.436. The Kier molecular flexibility index (Phi) is 4.23. The number of nitrogens with one attached hydrogen (secondary N) is 1. The zero-order valence-corrected chi connectivity index (χ0v) is 8.53. The van der Waals surface area contributed by atoms with Gasteiger partial charge in [0.1, 0.15) is 0 Å². The van der Waals surface area contributed by atoms with Gasteiger partial charge in [-0.25, -0.2) is 0 Å². The van der Waals surface area contributed by atoms with Crippen LogP contribution in [0.1, 0.15) is 39.0 Å². The van der Waals surface area contributed by atoms with Crippen molar-refractivity contribution in [3.8, 4) is 0 Å². The van der Waals surface area contributed by atoms with E-state index >= 15 is 0 Å². The Labute approximate surface area is 83.1 Å². The molecule has 0 amide bonds. The van der Waals surface area contributed by atoms with E-state index < -0.39 is 12.7 Å². The molecule has 4 heteroatoms. The van der Waals surface area contributed by atoms with Gasteiger partial charge in [0.2, 0.25) is 0 Å². The van der Waals surface area contributed by atoms with E-state index in [4.69, 9.17) is 0 Å². The molecule has 1 fully saturated rings. The van der Waals surface area contributed by atoms with Crippen molar-refractivity contribution in [2.75, 3.05) is 6.54 Å². The van der Waals surface area contributed by atoms with Crippen molar-refractivity contribution in [3.05, 3.63) is 0 Å². The van der Waals surface area contributed by atoms with Gasteiger partial charge in [0, 0.05) is 6.04 Å². The number of hydrogen-bond acceptors (Lipinski definition) is 1. The summed E-state index contributed by atoms with van der Waals surface area (Å²) in [7, 11) is 0. The highest BCUT2D eigenvalue weighted by atomic mass is 19.4. The number of rotatable bonds is 3. The van der Waals surface area contributed by atoms with E-state index in [9.17, 15) is 13.2 Å². The minimum atomic E-state index is -4.08. The minimum Gasteiger partial charge on any atom is -0.306 e. The summed E-state index contributed by atoms with van der Waals surface area (Å²) in [6.45, 7) is 1.01. The van der Waals surface area contributed by atoms with Crippen LogP contribution >= 0.6 is 0 Å². The Morgan fingerprint density at radius 3 is 2.29 bits per heavy atom. The first-order valence-electron chi connectivity index (χ1n) is 5.29. The van der Waals surface area contributed by atoms with Gasteiger partial charge in [0.25, 0.3) is 0 Å². The van der Waals surface area contributed by atoms with Crippen LogP contribution in [0.4, 0.5) is 13.2 Å². The summed E-state index contributed by atoms with van der Waals surface area (Å²) in [6.07, 6.45) is 1.65. The van der Waals surface area contributed by atoms with Crippen molar-refractivity contribution in [1.29, 1.82) is 0 Å². The van der Waals surface area contributed by atoms with Crippen LogP contribution in [-0.4, -0.2) is 18.8 Å². The minimum absolute atomic E-state index is 0.00285. The molecule has 1 rings (SSSR count). The molecule has 1 nitrogen and oxygen atoms in total. The van der Waals surface area contributed by atoms with Crippen LogP contribution in [0.3, 0.4) is 0 Å². The zero-order valence-electron chi connectivity index (χ0n) is 8.53. The second kappa shape index (κ2) is 5.01. The quantitative estimate of drug-likeness (QED) is 0.753. The molecule has 0 aromatic carbocycles. The molecule has 0 aliphatic heterocycles. The van der Waals surface area contributed by atoms with E-state index in [2.05, 4.69) is 5.32 Å². The number of alkyl halides is 3. The molecule has 0 spiro atoms. The fourth-order valence-corrected chi connectivity index (χ4v) is 2.08. The standard InChI is InChI=1S/C10H18F3N/c1-8(14-7-10(11,12)13)9-5-3-2-4-6-9/h8-9,14H,2-7H2,1H3. The van der Waals surface area contributed by atoms with Crippen LogP contribution < -0.4 is 5.32 Å². The van der Waals surface area contributed by atoms with Crippen molar-refractivity contribution in [2.45, 2.75) is 51.2 Å². The lowest BCUT2D eigenvalue weighted by molar-refractivity contribution is -0.126. The third-order valence-electron chi connectivity index (χ3n) is 2.98. The van der Waals surface area contributed by atoms with Crippen LogP contribution in [0.2, 0.25) is 0 Å². The second-order valence-electron chi connectivity index (χ2n) is 4.18. The monoisotopic (exact) mass is 209 g/mol. The summed E-state index contributed by atoms with van der Waals surface area (Å²) in [5, 5.41) is 2.57. The molecule has 0 aromatic rings. The fraction of sp³-hybridized carbons (Fsp3) is 1.00. The fourth-order valence-electron chi connectivity index (χ4n) is 2.08. The van der Waals surface area contributed by atoms with Gasteiger partial charge in [-0.2, -0.15) is 13.2 Å². The van der Waals surface area contributed by atoms with Gasteiger partial charge in [0.15, 0.2) is 0 Å². The Morgan fingerprint density at radius 2 is 1.79 bits per heavy atom. The van der Waals surface area contributed by atoms with Gasteiger partial charge in [0.05, 0.1) is 6.54 Å². The third kappa shape index (κ3) is 4.31. The Hall–Kier alpha value is -0.250. The molecule has 1 aliphatic carbocycles. The molecular formula is C10H18F3N. The molecule has 14 heavy (non-hydrogen) atoms. The van der Waals surface area contributed by atoms with E-state index in [1.54, 1.807) is 0 Å². The van der Waals surface area contributed by atoms with Crippen LogP contribution in [0.5, 0.6) is 0 Å². The molecule has 1 atom stereocenters. The van der Waals surface area contributed by atoms with Gasteiger partial charge >= 0.3 is 6.18 Å². The number of hydrogen-bond donors (Lipinski definition) is 1. The predicted molar refractivity (Wildman–Crippen MR) is 50.1 cm³/mol. The van der Waals surface area contributed by atoms with Crippen LogP contribution in [-0.2, 0) is 0 Å². The first-order chi connectivity index (χ1) is 6.49. The Bertz CT molecular complexity index is 161. The molecule has 1 aliphatic rings. The third-order valence-corrected chi connectivity index (χ3v) is 2.98. The summed E-state index contributed by atoms with van der Waals surface area (Å²) in [6, 6.07) is -0.00285. The van der Waals surface area contributed by atoms with Crippen LogP contribution in [0, 0.1) is 5.92 Å². The lowest BCUT2D eigenvalue weighted by Gasteiger charge is -2.28. The zero-order chi connectivity index (χ0) is 10.6. The van der Waals surface area contributed by atoms with Crippen molar-refractivity contribution in [3.63, 3.8) is 0 Å². The van der Waals surface area contributed by atoms with E-state index in [-0.39, 0.29) is 6.04 Å². The van der Waals surface area contributed by atoms with Crippen LogP contribution in [0.25, 0.3) is 0 Å². The normalized spacial score (nSPS) is 22.3. The van der Waals surface area contributed by atoms with Crippen molar-refractivity contribution < 1.29 is 13.2 Å². The SMILES string of the molecule is CC(NCC(F)(F)F)C1CCCCC1. The van der Waals surface area contributed by atoms with Gasteiger partial charge in [-0.1, -0.05) is 19.3 Å². The van der Waals surface area contributed by atoms with Crippen molar-refractivity contribution >= 4 is 0 Å². The molecule has 0 bridgehead atoms. The molecule has 1 saturated carbocycles. The lowest BCUT2D eigenvalue weighted by Crippen LogP contribution is -2.40. The maximum Gasteiger partial charge on any atom is 0.401 e. The summed E-state index contributed by atoms with van der Waals surface area (Å²) in [5.41, 5.74) is 0. The molecule has 0 radical (unpaired) electrons. The summed E-state index contributed by atoms with van der Waals surface area (Å²) in [4.78, 5) is 0. The first kappa shape index (κ1) is 11.8. The average Bonchev–Trinajstić information content (AvgIpc) is 2.14. The van der Waals surface area contributed by atoms with E-state index in [0.717, 1.165) is 12.8 Å². The second-order valence-corrected chi connectivity index (χ2v) is 4.18. The highest BCUT2D eigenvalue weighted by molar-refractivity contribution is 4.76. The molecule has 0 saturated heterocycles. The molecular weight excluding hydrogens is 191 g/mol. The molecule has 0 heterocycles. The predicted octanol–water partition coefficient (Wildman–Crippen LogP) is 3.11. The van der Waals surface area contributed by atoms with E-state index in [1.807, 2.05) is 6.92 Å². The van der Waals surface area contributed by atoms with Gasteiger partial charge in [-0.15, -0.1) is 0 Å². The van der Waals surface area contributed by atoms with Crippen molar-refractivity contribution in [2.24, 2.45) is 5.92 Å². The first-order valence-corrected chi connectivity index (χ1v) is 5.29. The van der Waals surface area contributed by atoms with Gasteiger partial charge < -0.3 is 5.32 Å².